The molecule has 6 nitrogen and oxygen atoms in total. The van der Waals surface area contributed by atoms with Crippen LogP contribution < -0.4 is 14.8 Å². The molecule has 0 saturated heterocycles. The first-order valence-corrected chi connectivity index (χ1v) is 9.43. The van der Waals surface area contributed by atoms with E-state index in [4.69, 9.17) is 9.47 Å². The highest BCUT2D eigenvalue weighted by atomic mass is 127. The lowest BCUT2D eigenvalue weighted by Gasteiger charge is -2.23. The molecule has 0 unspecified atom stereocenters. The van der Waals surface area contributed by atoms with Crippen LogP contribution in [-0.2, 0) is 24.3 Å². The van der Waals surface area contributed by atoms with Gasteiger partial charge in [0, 0.05) is 32.7 Å². The summed E-state index contributed by atoms with van der Waals surface area (Å²) in [6, 6.07) is 9.35. The van der Waals surface area contributed by atoms with Crippen molar-refractivity contribution in [3.05, 3.63) is 58.9 Å². The second-order valence-electron chi connectivity index (χ2n) is 6.77. The van der Waals surface area contributed by atoms with E-state index in [0.29, 0.717) is 43.4 Å². The first kappa shape index (κ1) is 25.1. The SMILES string of the molecule is CN=C(NCCc1cc(F)cc2c1OCOC2)N(C)Cc1ccc(OC(F)F)cc1.I. The Hall–Kier alpha value is -2.21. The van der Waals surface area contributed by atoms with E-state index in [1.165, 1.54) is 24.3 Å². The van der Waals surface area contributed by atoms with Crippen molar-refractivity contribution in [1.29, 1.82) is 0 Å². The minimum absolute atomic E-state index is 0. The van der Waals surface area contributed by atoms with Crippen molar-refractivity contribution < 1.29 is 27.4 Å². The van der Waals surface area contributed by atoms with Crippen molar-refractivity contribution in [3.63, 3.8) is 0 Å². The van der Waals surface area contributed by atoms with E-state index >= 15 is 0 Å². The minimum Gasteiger partial charge on any atom is -0.467 e. The number of hydrogen-bond acceptors (Lipinski definition) is 4. The molecule has 0 aliphatic carbocycles. The van der Waals surface area contributed by atoms with Gasteiger partial charge in [0.2, 0.25) is 0 Å². The number of hydrogen-bond donors (Lipinski definition) is 1. The Morgan fingerprint density at radius 1 is 1.26 bits per heavy atom. The average molecular weight is 551 g/mol. The van der Waals surface area contributed by atoms with E-state index in [0.717, 1.165) is 11.1 Å². The Morgan fingerprint density at radius 3 is 2.68 bits per heavy atom. The molecule has 0 radical (unpaired) electrons. The highest BCUT2D eigenvalue weighted by molar-refractivity contribution is 14.0. The fraction of sp³-hybridized carbons (Fsp3) is 0.381. The minimum atomic E-state index is -2.84. The number of alkyl halides is 2. The molecule has 1 aliphatic rings. The molecule has 0 amide bonds. The molecular formula is C21H25F3IN3O3. The molecule has 3 rings (SSSR count). The number of fused-ring (bicyclic) bond motifs is 1. The van der Waals surface area contributed by atoms with Crippen molar-refractivity contribution in [3.8, 4) is 11.5 Å². The molecule has 0 bridgehead atoms. The molecule has 31 heavy (non-hydrogen) atoms. The molecule has 0 spiro atoms. The van der Waals surface area contributed by atoms with Gasteiger partial charge in [-0.15, -0.1) is 24.0 Å². The van der Waals surface area contributed by atoms with Crippen LogP contribution in [0.25, 0.3) is 0 Å². The highest BCUT2D eigenvalue weighted by Gasteiger charge is 2.17. The first-order valence-electron chi connectivity index (χ1n) is 9.43. The molecule has 0 fully saturated rings. The number of guanidine groups is 1. The second-order valence-corrected chi connectivity index (χ2v) is 6.77. The number of nitrogens with one attached hydrogen (secondary N) is 1. The molecule has 1 heterocycles. The van der Waals surface area contributed by atoms with E-state index < -0.39 is 6.61 Å². The van der Waals surface area contributed by atoms with E-state index in [9.17, 15) is 13.2 Å². The topological polar surface area (TPSA) is 55.3 Å². The molecule has 0 saturated carbocycles. The van der Waals surface area contributed by atoms with Crippen LogP contribution in [0.15, 0.2) is 41.4 Å². The monoisotopic (exact) mass is 551 g/mol. The van der Waals surface area contributed by atoms with E-state index in [2.05, 4.69) is 15.0 Å². The normalized spacial score (nSPS) is 13.2. The van der Waals surface area contributed by atoms with Crippen LogP contribution >= 0.6 is 24.0 Å². The Balaban J connectivity index is 0.00000341. The molecule has 170 valence electrons. The van der Waals surface area contributed by atoms with Crippen LogP contribution in [0.2, 0.25) is 0 Å². The maximum absolute atomic E-state index is 13.9. The number of rotatable bonds is 7. The number of halogens is 4. The smallest absolute Gasteiger partial charge is 0.387 e. The molecule has 2 aromatic rings. The zero-order valence-corrected chi connectivity index (χ0v) is 19.6. The Bertz CT molecular complexity index is 882. The van der Waals surface area contributed by atoms with Crippen molar-refractivity contribution >= 4 is 29.9 Å². The summed E-state index contributed by atoms with van der Waals surface area (Å²) in [6.45, 7) is -1.31. The Morgan fingerprint density at radius 2 is 2.00 bits per heavy atom. The zero-order chi connectivity index (χ0) is 21.5. The highest BCUT2D eigenvalue weighted by Crippen LogP contribution is 2.29. The van der Waals surface area contributed by atoms with Crippen molar-refractivity contribution in [2.24, 2.45) is 4.99 Å². The summed E-state index contributed by atoms with van der Waals surface area (Å²) >= 11 is 0. The lowest BCUT2D eigenvalue weighted by atomic mass is 10.1. The van der Waals surface area contributed by atoms with Gasteiger partial charge in [0.05, 0.1) is 6.61 Å². The van der Waals surface area contributed by atoms with Crippen molar-refractivity contribution in [1.82, 2.24) is 10.2 Å². The summed E-state index contributed by atoms with van der Waals surface area (Å²) in [6.07, 6.45) is 0.548. The van der Waals surface area contributed by atoms with E-state index in [1.54, 1.807) is 19.2 Å². The molecule has 2 aromatic carbocycles. The second kappa shape index (κ2) is 12.0. The summed E-state index contributed by atoms with van der Waals surface area (Å²) in [5.41, 5.74) is 2.39. The first-order chi connectivity index (χ1) is 14.5. The summed E-state index contributed by atoms with van der Waals surface area (Å²) in [7, 11) is 3.53. The fourth-order valence-corrected chi connectivity index (χ4v) is 3.26. The standard InChI is InChI=1S/C21H24F3N3O3.HI/c1-25-21(27(2)11-14-3-5-18(6-4-14)30-20(23)24)26-8-7-15-9-17(22)10-16-12-28-13-29-19(15)16;/h3-6,9-10,20H,7-8,11-13H2,1-2H3,(H,25,26);1H. The number of aliphatic imine (C=N–C) groups is 1. The van der Waals surface area contributed by atoms with Crippen molar-refractivity contribution in [2.45, 2.75) is 26.2 Å². The van der Waals surface area contributed by atoms with Gasteiger partial charge in [0.1, 0.15) is 17.3 Å². The lowest BCUT2D eigenvalue weighted by Crippen LogP contribution is -2.39. The third-order valence-corrected chi connectivity index (χ3v) is 4.57. The van der Waals surface area contributed by atoms with Gasteiger partial charge in [0.25, 0.3) is 0 Å². The van der Waals surface area contributed by atoms with Crippen LogP contribution in [0, 0.1) is 5.82 Å². The number of ether oxygens (including phenoxy) is 3. The van der Waals surface area contributed by atoms with Crippen LogP contribution in [0.3, 0.4) is 0 Å². The predicted molar refractivity (Wildman–Crippen MR) is 122 cm³/mol. The van der Waals surface area contributed by atoms with Gasteiger partial charge in [-0.1, -0.05) is 12.1 Å². The maximum atomic E-state index is 13.9. The van der Waals surface area contributed by atoms with Crippen molar-refractivity contribution in [2.75, 3.05) is 27.4 Å². The predicted octanol–water partition coefficient (Wildman–Crippen LogP) is 4.16. The van der Waals surface area contributed by atoms with Gasteiger partial charge in [-0.25, -0.2) is 4.39 Å². The van der Waals surface area contributed by atoms with Crippen LogP contribution in [0.1, 0.15) is 16.7 Å². The molecular weight excluding hydrogens is 526 g/mol. The third-order valence-electron chi connectivity index (χ3n) is 4.57. The summed E-state index contributed by atoms with van der Waals surface area (Å²) < 4.78 is 53.5. The van der Waals surface area contributed by atoms with E-state index in [-0.39, 0.29) is 42.3 Å². The zero-order valence-electron chi connectivity index (χ0n) is 17.2. The quantitative estimate of drug-likeness (QED) is 0.319. The largest absolute Gasteiger partial charge is 0.467 e. The fourth-order valence-electron chi connectivity index (χ4n) is 3.26. The summed E-state index contributed by atoms with van der Waals surface area (Å²) in [4.78, 5) is 6.16. The number of benzene rings is 2. The molecule has 0 aromatic heterocycles. The Kier molecular flexibility index (Phi) is 9.69. The van der Waals surface area contributed by atoms with Gasteiger partial charge >= 0.3 is 6.61 Å². The van der Waals surface area contributed by atoms with Gasteiger partial charge in [-0.2, -0.15) is 8.78 Å². The summed E-state index contributed by atoms with van der Waals surface area (Å²) in [5.74, 6) is 1.12. The number of nitrogens with zero attached hydrogens (tertiary/aromatic N) is 2. The van der Waals surface area contributed by atoms with Gasteiger partial charge in [-0.05, 0) is 41.8 Å². The van der Waals surface area contributed by atoms with Crippen LogP contribution in [0.5, 0.6) is 11.5 Å². The molecule has 10 heteroatoms. The Labute approximate surface area is 196 Å². The molecule has 1 N–H and O–H groups in total. The average Bonchev–Trinajstić information content (AvgIpc) is 2.72. The van der Waals surface area contributed by atoms with Crippen LogP contribution in [-0.4, -0.2) is 44.9 Å². The summed E-state index contributed by atoms with van der Waals surface area (Å²) in [5, 5.41) is 3.24. The molecule has 0 atom stereocenters. The van der Waals surface area contributed by atoms with Crippen LogP contribution in [0.4, 0.5) is 13.2 Å². The van der Waals surface area contributed by atoms with Gasteiger partial charge in [0.15, 0.2) is 12.8 Å². The lowest BCUT2D eigenvalue weighted by molar-refractivity contribution is -0.0498. The van der Waals surface area contributed by atoms with Gasteiger partial charge in [-0.3, -0.25) is 4.99 Å². The van der Waals surface area contributed by atoms with E-state index in [1.807, 2.05) is 11.9 Å². The maximum Gasteiger partial charge on any atom is 0.387 e. The molecule has 1 aliphatic heterocycles. The third kappa shape index (κ3) is 7.17. The van der Waals surface area contributed by atoms with Gasteiger partial charge < -0.3 is 24.4 Å².